The number of hydrogen-bond donors (Lipinski definition) is 4. The molecule has 0 saturated heterocycles. The summed E-state index contributed by atoms with van der Waals surface area (Å²) in [6, 6.07) is 2.14. The molecule has 5 N–H and O–H groups in total. The van der Waals surface area contributed by atoms with Crippen LogP contribution in [0.5, 0.6) is 5.88 Å². The van der Waals surface area contributed by atoms with E-state index >= 15 is 4.39 Å². The van der Waals surface area contributed by atoms with Gasteiger partial charge in [0.1, 0.15) is 29.0 Å². The number of alkyl halides is 3. The molecule has 1 aromatic carbocycles. The van der Waals surface area contributed by atoms with Gasteiger partial charge in [-0.3, -0.25) is 4.79 Å². The predicted octanol–water partition coefficient (Wildman–Crippen LogP) is 4.32. The number of nitrogens with zero attached hydrogens (tertiary/aromatic N) is 2. The van der Waals surface area contributed by atoms with Crippen LogP contribution in [-0.4, -0.2) is 49.2 Å². The van der Waals surface area contributed by atoms with Gasteiger partial charge in [-0.2, -0.15) is 13.2 Å². The average molecular weight is 557 g/mol. The maximum absolute atomic E-state index is 15.9. The van der Waals surface area contributed by atoms with Gasteiger partial charge in [0, 0.05) is 24.7 Å². The summed E-state index contributed by atoms with van der Waals surface area (Å²) in [4.78, 5) is 16.1. The highest BCUT2D eigenvalue weighted by molar-refractivity contribution is 5.90. The largest absolute Gasteiger partial charge is 0.474 e. The Kier molecular flexibility index (Phi) is 9.81. The topological polar surface area (TPSA) is 127 Å². The van der Waals surface area contributed by atoms with Crippen molar-refractivity contribution in [1.82, 2.24) is 20.8 Å². The number of rotatable bonds is 13. The Morgan fingerprint density at radius 3 is 2.56 bits per heavy atom. The summed E-state index contributed by atoms with van der Waals surface area (Å²) in [5.41, 5.74) is 0.603. The third-order valence-electron chi connectivity index (χ3n) is 5.85. The molecule has 0 fully saturated rings. The van der Waals surface area contributed by atoms with Crippen LogP contribution in [0, 0.1) is 18.6 Å². The number of likely N-dealkylation sites (N-methyl/N-ethyl adjacent to an activating group) is 1. The van der Waals surface area contributed by atoms with Crippen LogP contribution >= 0.6 is 0 Å². The first-order chi connectivity index (χ1) is 18.5. The highest BCUT2D eigenvalue weighted by Gasteiger charge is 2.39. The molecule has 0 radical (unpaired) electrons. The van der Waals surface area contributed by atoms with Gasteiger partial charge in [-0.05, 0) is 45.5 Å². The molecule has 212 valence electrons. The van der Waals surface area contributed by atoms with E-state index in [9.17, 15) is 22.4 Å². The molecule has 0 amide bonds. The van der Waals surface area contributed by atoms with Gasteiger partial charge in [0.05, 0.1) is 29.6 Å². The molecule has 14 heteroatoms. The summed E-state index contributed by atoms with van der Waals surface area (Å²) in [6.45, 7) is 4.36. The first-order valence-corrected chi connectivity index (χ1v) is 12.0. The van der Waals surface area contributed by atoms with E-state index in [0.29, 0.717) is 31.3 Å². The van der Waals surface area contributed by atoms with E-state index in [0.717, 1.165) is 13.5 Å². The molecule has 0 spiro atoms. The van der Waals surface area contributed by atoms with E-state index in [1.165, 1.54) is 12.3 Å². The Bertz CT molecular complexity index is 1280. The van der Waals surface area contributed by atoms with Crippen molar-refractivity contribution in [2.75, 3.05) is 37.7 Å². The zero-order valence-corrected chi connectivity index (χ0v) is 21.5. The molecule has 3 aromatic rings. The van der Waals surface area contributed by atoms with Gasteiger partial charge in [0.2, 0.25) is 5.88 Å². The quantitative estimate of drug-likeness (QED) is 0.105. The predicted molar refractivity (Wildman–Crippen MR) is 134 cm³/mol. The van der Waals surface area contributed by atoms with E-state index in [-0.39, 0.29) is 18.4 Å². The molecule has 2 aromatic heterocycles. The smallest absolute Gasteiger partial charge is 0.417 e. The zero-order chi connectivity index (χ0) is 28.7. The minimum Gasteiger partial charge on any atom is -0.474 e. The SMILES string of the molecule is CNCCNCCC(C)Oc1nc(-c2cc(N)c(F)c(C)c2C(F)(F)F)c(F)c(NCc2ccon2)c1C=O. The number of carbonyl (C=O) groups is 1. The Hall–Kier alpha value is -3.78. The summed E-state index contributed by atoms with van der Waals surface area (Å²) in [6.07, 6.45) is -3.65. The van der Waals surface area contributed by atoms with Gasteiger partial charge in [0.25, 0.3) is 0 Å². The molecule has 2 heterocycles. The molecule has 39 heavy (non-hydrogen) atoms. The number of nitrogens with one attached hydrogen (secondary N) is 3. The Morgan fingerprint density at radius 2 is 1.95 bits per heavy atom. The number of nitrogen functional groups attached to an aromatic ring is 1. The first-order valence-electron chi connectivity index (χ1n) is 12.0. The molecule has 0 saturated carbocycles. The van der Waals surface area contributed by atoms with Gasteiger partial charge in [-0.25, -0.2) is 13.8 Å². The summed E-state index contributed by atoms with van der Waals surface area (Å²) in [5, 5.41) is 12.5. The van der Waals surface area contributed by atoms with Crippen LogP contribution in [-0.2, 0) is 12.7 Å². The number of anilines is 2. The fraction of sp³-hybridized carbons (Fsp3) is 0.400. The molecular weight excluding hydrogens is 527 g/mol. The lowest BCUT2D eigenvalue weighted by molar-refractivity contribution is -0.137. The Balaban J connectivity index is 2.14. The highest BCUT2D eigenvalue weighted by Crippen LogP contribution is 2.44. The van der Waals surface area contributed by atoms with Gasteiger partial charge < -0.3 is 30.9 Å². The van der Waals surface area contributed by atoms with Crippen LogP contribution < -0.4 is 26.4 Å². The van der Waals surface area contributed by atoms with Crippen molar-refractivity contribution in [3.8, 4) is 17.1 Å². The number of pyridine rings is 1. The second-order valence-corrected chi connectivity index (χ2v) is 8.73. The second-order valence-electron chi connectivity index (χ2n) is 8.73. The lowest BCUT2D eigenvalue weighted by Gasteiger charge is -2.22. The standard InChI is InChI=1S/C25H29F5N6O3/c1-13(4-6-33-8-7-32-3)39-24-17(12-37)22(34-11-15-5-9-38-36-15)21(27)23(35-24)16-10-18(31)20(26)14(2)19(16)25(28,29)30/h5,9-10,12-13,32-33H,4,6-8,11,31H2,1-3H3,(H,34,35). The Morgan fingerprint density at radius 1 is 1.21 bits per heavy atom. The molecular formula is C25H29F5N6O3. The molecule has 0 aliphatic rings. The molecule has 9 nitrogen and oxygen atoms in total. The fourth-order valence-electron chi connectivity index (χ4n) is 3.88. The van der Waals surface area contributed by atoms with Gasteiger partial charge in [0.15, 0.2) is 12.1 Å². The molecule has 1 atom stereocenters. The van der Waals surface area contributed by atoms with Gasteiger partial charge in [-0.1, -0.05) is 5.16 Å². The summed E-state index contributed by atoms with van der Waals surface area (Å²) in [7, 11) is 1.81. The normalized spacial score (nSPS) is 12.4. The summed E-state index contributed by atoms with van der Waals surface area (Å²) in [5.74, 6) is -2.97. The van der Waals surface area contributed by atoms with Crippen LogP contribution in [0.2, 0.25) is 0 Å². The highest BCUT2D eigenvalue weighted by atomic mass is 19.4. The zero-order valence-electron chi connectivity index (χ0n) is 21.5. The van der Waals surface area contributed by atoms with Crippen LogP contribution in [0.15, 0.2) is 22.9 Å². The van der Waals surface area contributed by atoms with Gasteiger partial charge in [-0.15, -0.1) is 0 Å². The maximum atomic E-state index is 15.9. The fourth-order valence-corrected chi connectivity index (χ4v) is 3.88. The van der Waals surface area contributed by atoms with E-state index in [4.69, 9.17) is 15.0 Å². The Labute approximate surface area is 221 Å². The second kappa shape index (κ2) is 12.8. The van der Waals surface area contributed by atoms with Crippen molar-refractivity contribution in [1.29, 1.82) is 0 Å². The monoisotopic (exact) mass is 556 g/mol. The number of halogens is 5. The number of nitrogens with two attached hydrogens (primary N) is 1. The van der Waals surface area contributed by atoms with Crippen molar-refractivity contribution in [2.45, 2.75) is 39.1 Å². The number of carbonyl (C=O) groups excluding carboxylic acids is 1. The maximum Gasteiger partial charge on any atom is 0.417 e. The molecule has 0 aliphatic carbocycles. The summed E-state index contributed by atoms with van der Waals surface area (Å²) < 4.78 is 83.1. The van der Waals surface area contributed by atoms with Gasteiger partial charge >= 0.3 is 6.18 Å². The van der Waals surface area contributed by atoms with Crippen LogP contribution in [0.25, 0.3) is 11.3 Å². The minimum atomic E-state index is -5.08. The van der Waals surface area contributed by atoms with E-state index < -0.39 is 63.6 Å². The van der Waals surface area contributed by atoms with E-state index in [1.807, 2.05) is 0 Å². The molecule has 0 bridgehead atoms. The third-order valence-corrected chi connectivity index (χ3v) is 5.85. The number of aldehydes is 1. The first kappa shape index (κ1) is 29.8. The average Bonchev–Trinajstić information content (AvgIpc) is 3.39. The summed E-state index contributed by atoms with van der Waals surface area (Å²) >= 11 is 0. The van der Waals surface area contributed by atoms with Crippen molar-refractivity contribution in [2.24, 2.45) is 0 Å². The third kappa shape index (κ3) is 7.00. The molecule has 1 unspecified atom stereocenters. The van der Waals surface area contributed by atoms with E-state index in [1.54, 1.807) is 14.0 Å². The number of hydrogen-bond acceptors (Lipinski definition) is 9. The van der Waals surface area contributed by atoms with Crippen molar-refractivity contribution in [3.05, 3.63) is 52.4 Å². The number of ether oxygens (including phenoxy) is 1. The minimum absolute atomic E-state index is 0.140. The van der Waals surface area contributed by atoms with Crippen molar-refractivity contribution >= 4 is 17.7 Å². The molecule has 3 rings (SSSR count). The number of benzene rings is 1. The number of aromatic nitrogens is 2. The van der Waals surface area contributed by atoms with E-state index in [2.05, 4.69) is 26.1 Å². The lowest BCUT2D eigenvalue weighted by Crippen LogP contribution is -2.28. The van der Waals surface area contributed by atoms with Crippen molar-refractivity contribution < 1.29 is 36.0 Å². The van der Waals surface area contributed by atoms with Crippen LogP contribution in [0.4, 0.5) is 33.3 Å². The van der Waals surface area contributed by atoms with Crippen LogP contribution in [0.1, 0.15) is 40.5 Å². The van der Waals surface area contributed by atoms with Crippen LogP contribution in [0.3, 0.4) is 0 Å². The van der Waals surface area contributed by atoms with Crippen molar-refractivity contribution in [3.63, 3.8) is 0 Å². The molecule has 0 aliphatic heterocycles. The lowest BCUT2D eigenvalue weighted by atomic mass is 9.95.